The Balaban J connectivity index is 2.96. The second-order valence-electron chi connectivity index (χ2n) is 2.43. The lowest BCUT2D eigenvalue weighted by Crippen LogP contribution is -2.11. The molecule has 0 bridgehead atoms. The minimum absolute atomic E-state index is 0.519. The fourth-order valence-electron chi connectivity index (χ4n) is 0.832. The predicted octanol–water partition coefficient (Wildman–Crippen LogP) is 3.18. The molecule has 0 aliphatic rings. The van der Waals surface area contributed by atoms with E-state index in [0.717, 1.165) is 14.5 Å². The van der Waals surface area contributed by atoms with Crippen molar-refractivity contribution in [1.29, 1.82) is 0 Å². The van der Waals surface area contributed by atoms with Crippen LogP contribution in [0.2, 0.25) is 0 Å². The van der Waals surface area contributed by atoms with E-state index in [-0.39, 0.29) is 0 Å². The molecule has 0 aliphatic heterocycles. The Morgan fingerprint density at radius 1 is 1.33 bits per heavy atom. The third-order valence-corrected chi connectivity index (χ3v) is 3.42. The molecule has 1 nitrogen and oxygen atoms in total. The summed E-state index contributed by atoms with van der Waals surface area (Å²) in [6, 6.07) is 4.94. The molecule has 0 fully saturated rings. The second kappa shape index (κ2) is 4.35. The summed E-state index contributed by atoms with van der Waals surface area (Å²) in [5.74, 6) is 0. The smallest absolute Gasteiger partial charge is 0.109 e. The number of nitrogens with two attached hydrogens (primary N) is 1. The van der Waals surface area contributed by atoms with Crippen molar-refractivity contribution in [1.82, 2.24) is 0 Å². The van der Waals surface area contributed by atoms with Gasteiger partial charge in [-0.05, 0) is 49.6 Å². The van der Waals surface area contributed by atoms with E-state index in [2.05, 4.69) is 31.9 Å². The Kier molecular flexibility index (Phi) is 3.68. The molecule has 1 atom stereocenters. The highest BCUT2D eigenvalue weighted by Crippen LogP contribution is 2.25. The van der Waals surface area contributed by atoms with Crippen LogP contribution < -0.4 is 5.73 Å². The molecule has 1 aromatic carbocycles. The summed E-state index contributed by atoms with van der Waals surface area (Å²) < 4.78 is 14.0. The third kappa shape index (κ3) is 2.28. The molecule has 0 spiro atoms. The zero-order valence-electron chi connectivity index (χ0n) is 6.23. The first-order valence-corrected chi connectivity index (χ1v) is 5.00. The van der Waals surface area contributed by atoms with E-state index in [1.54, 1.807) is 6.07 Å². The van der Waals surface area contributed by atoms with Gasteiger partial charge in [0, 0.05) is 8.95 Å². The molecule has 4 heteroatoms. The van der Waals surface area contributed by atoms with E-state index in [1.807, 2.05) is 12.1 Å². The van der Waals surface area contributed by atoms with Crippen LogP contribution in [0.4, 0.5) is 4.39 Å². The van der Waals surface area contributed by atoms with Gasteiger partial charge in [-0.1, -0.05) is 6.07 Å². The van der Waals surface area contributed by atoms with Gasteiger partial charge in [-0.3, -0.25) is 0 Å². The Bertz CT molecular complexity index is 278. The molecule has 2 N–H and O–H groups in total. The topological polar surface area (TPSA) is 26.0 Å². The number of hydrogen-bond donors (Lipinski definition) is 1. The number of halogens is 3. The summed E-state index contributed by atoms with van der Waals surface area (Å²) in [4.78, 5) is 0. The molecule has 0 amide bonds. The van der Waals surface area contributed by atoms with Gasteiger partial charge in [0.05, 0.1) is 6.04 Å². The largest absolute Gasteiger partial charge is 0.322 e. The minimum Gasteiger partial charge on any atom is -0.322 e. The molecule has 0 saturated carbocycles. The Hall–Kier alpha value is 0.0700. The van der Waals surface area contributed by atoms with Crippen molar-refractivity contribution in [2.75, 3.05) is 6.67 Å². The first kappa shape index (κ1) is 10.2. The molecular weight excluding hydrogens is 289 g/mol. The van der Waals surface area contributed by atoms with Crippen LogP contribution in [0.1, 0.15) is 11.6 Å². The highest BCUT2D eigenvalue weighted by atomic mass is 79.9. The maximum Gasteiger partial charge on any atom is 0.109 e. The Morgan fingerprint density at radius 3 is 2.50 bits per heavy atom. The normalized spacial score (nSPS) is 13.0. The van der Waals surface area contributed by atoms with Crippen LogP contribution in [-0.4, -0.2) is 6.67 Å². The molecule has 1 aromatic rings. The maximum absolute atomic E-state index is 12.2. The van der Waals surface area contributed by atoms with E-state index >= 15 is 0 Å². The average Bonchev–Trinajstić information content (AvgIpc) is 2.08. The van der Waals surface area contributed by atoms with Crippen LogP contribution in [0.25, 0.3) is 0 Å². The van der Waals surface area contributed by atoms with E-state index in [1.165, 1.54) is 0 Å². The van der Waals surface area contributed by atoms with Crippen molar-refractivity contribution in [3.8, 4) is 0 Å². The lowest BCUT2D eigenvalue weighted by Gasteiger charge is -2.07. The van der Waals surface area contributed by atoms with Crippen LogP contribution in [-0.2, 0) is 0 Å². The number of benzene rings is 1. The van der Waals surface area contributed by atoms with Gasteiger partial charge in [0.25, 0.3) is 0 Å². The van der Waals surface area contributed by atoms with Gasteiger partial charge in [0.2, 0.25) is 0 Å². The number of rotatable bonds is 2. The van der Waals surface area contributed by atoms with E-state index in [0.29, 0.717) is 0 Å². The number of hydrogen-bond acceptors (Lipinski definition) is 1. The summed E-state index contributed by atoms with van der Waals surface area (Å²) >= 11 is 6.64. The molecule has 0 aliphatic carbocycles. The van der Waals surface area contributed by atoms with Crippen molar-refractivity contribution in [2.24, 2.45) is 5.73 Å². The third-order valence-electron chi connectivity index (χ3n) is 1.54. The first-order valence-electron chi connectivity index (χ1n) is 3.41. The second-order valence-corrected chi connectivity index (χ2v) is 4.14. The molecule has 12 heavy (non-hydrogen) atoms. The van der Waals surface area contributed by atoms with Gasteiger partial charge in [-0.15, -0.1) is 0 Å². The monoisotopic (exact) mass is 295 g/mol. The van der Waals surface area contributed by atoms with E-state index in [4.69, 9.17) is 5.73 Å². The summed E-state index contributed by atoms with van der Waals surface area (Å²) in [5, 5.41) is 0. The maximum atomic E-state index is 12.2. The van der Waals surface area contributed by atoms with Gasteiger partial charge in [-0.2, -0.15) is 0 Å². The van der Waals surface area contributed by atoms with Crippen molar-refractivity contribution < 1.29 is 4.39 Å². The summed E-state index contributed by atoms with van der Waals surface area (Å²) in [5.41, 5.74) is 6.30. The lowest BCUT2D eigenvalue weighted by molar-refractivity contribution is 0.437. The fraction of sp³-hybridized carbons (Fsp3) is 0.250. The SMILES string of the molecule is NC(CF)c1ccc(Br)c(Br)c1. The van der Waals surface area contributed by atoms with Crippen LogP contribution in [0.15, 0.2) is 27.1 Å². The van der Waals surface area contributed by atoms with Gasteiger partial charge in [0.1, 0.15) is 6.67 Å². The van der Waals surface area contributed by atoms with Gasteiger partial charge < -0.3 is 5.73 Å². The summed E-state index contributed by atoms with van der Waals surface area (Å²) in [6.45, 7) is -0.534. The van der Waals surface area contributed by atoms with Crippen molar-refractivity contribution in [3.05, 3.63) is 32.7 Å². The van der Waals surface area contributed by atoms with Crippen molar-refractivity contribution in [2.45, 2.75) is 6.04 Å². The number of alkyl halides is 1. The van der Waals surface area contributed by atoms with E-state index < -0.39 is 12.7 Å². The quantitative estimate of drug-likeness (QED) is 0.891. The molecule has 1 unspecified atom stereocenters. The minimum atomic E-state index is -0.534. The summed E-state index contributed by atoms with van der Waals surface area (Å²) in [6.07, 6.45) is 0. The van der Waals surface area contributed by atoms with Crippen LogP contribution >= 0.6 is 31.9 Å². The molecule has 66 valence electrons. The zero-order valence-corrected chi connectivity index (χ0v) is 9.40. The molecule has 0 radical (unpaired) electrons. The van der Waals surface area contributed by atoms with Crippen molar-refractivity contribution in [3.63, 3.8) is 0 Å². The van der Waals surface area contributed by atoms with Crippen LogP contribution in [0.5, 0.6) is 0 Å². The molecule has 0 aromatic heterocycles. The van der Waals surface area contributed by atoms with Gasteiger partial charge in [0.15, 0.2) is 0 Å². The Labute approximate surface area is 87.4 Å². The highest BCUT2D eigenvalue weighted by Gasteiger charge is 2.06. The molecule has 1 rings (SSSR count). The first-order chi connectivity index (χ1) is 5.65. The average molecular weight is 297 g/mol. The fourth-order valence-corrected chi connectivity index (χ4v) is 1.48. The zero-order chi connectivity index (χ0) is 9.14. The molecular formula is C8H8Br2FN. The lowest BCUT2D eigenvalue weighted by atomic mass is 10.1. The Morgan fingerprint density at radius 2 is 2.00 bits per heavy atom. The van der Waals surface area contributed by atoms with E-state index in [9.17, 15) is 4.39 Å². The van der Waals surface area contributed by atoms with Crippen molar-refractivity contribution >= 4 is 31.9 Å². The van der Waals surface area contributed by atoms with Gasteiger partial charge >= 0.3 is 0 Å². The van der Waals surface area contributed by atoms with Crippen LogP contribution in [0.3, 0.4) is 0 Å². The molecule has 0 heterocycles. The van der Waals surface area contributed by atoms with Gasteiger partial charge in [-0.25, -0.2) is 4.39 Å². The highest BCUT2D eigenvalue weighted by molar-refractivity contribution is 9.13. The predicted molar refractivity (Wildman–Crippen MR) is 54.7 cm³/mol. The molecule has 0 saturated heterocycles. The van der Waals surface area contributed by atoms with Crippen LogP contribution in [0, 0.1) is 0 Å². The summed E-state index contributed by atoms with van der Waals surface area (Å²) in [7, 11) is 0. The standard InChI is InChI=1S/C8H8Br2FN/c9-6-2-1-5(3-7(6)10)8(12)4-11/h1-3,8H,4,12H2.